The van der Waals surface area contributed by atoms with Gasteiger partial charge < -0.3 is 34.3 Å². The monoisotopic (exact) mass is 985 g/mol. The number of esters is 1. The molecule has 1 aliphatic heterocycles. The second-order valence-electron chi connectivity index (χ2n) is 18.8. The number of carbonyl (C=O) groups is 1. The molecule has 1 aliphatic rings. The van der Waals surface area contributed by atoms with Crippen LogP contribution < -0.4 is 0 Å². The zero-order valence-electron chi connectivity index (χ0n) is 42.9. The van der Waals surface area contributed by atoms with E-state index in [4.69, 9.17) is 18.9 Å². The molecule has 0 aromatic heterocycles. The van der Waals surface area contributed by atoms with E-state index in [0.29, 0.717) is 13.0 Å². The van der Waals surface area contributed by atoms with E-state index in [1.165, 1.54) is 148 Å². The summed E-state index contributed by atoms with van der Waals surface area (Å²) in [5, 5.41) is 30.8. The number of hydrogen-bond acceptors (Lipinski definition) is 11. The van der Waals surface area contributed by atoms with Crippen molar-refractivity contribution in [2.45, 2.75) is 269 Å². The number of aliphatic hydroxyl groups is 3. The first-order valence-corrected chi connectivity index (χ1v) is 28.8. The van der Waals surface area contributed by atoms with Crippen LogP contribution in [0.2, 0.25) is 0 Å². The molecule has 0 aromatic rings. The molecule has 0 spiro atoms. The highest BCUT2D eigenvalue weighted by molar-refractivity contribution is 7.80. The Morgan fingerprint density at radius 1 is 0.559 bits per heavy atom. The molecule has 1 saturated heterocycles. The first kappa shape index (κ1) is 64.1. The van der Waals surface area contributed by atoms with E-state index in [1.807, 2.05) is 0 Å². The molecule has 0 aliphatic carbocycles. The minimum Gasteiger partial charge on any atom is -0.457 e. The fourth-order valence-corrected chi connectivity index (χ4v) is 8.77. The third-order valence-electron chi connectivity index (χ3n) is 12.4. The van der Waals surface area contributed by atoms with E-state index in [9.17, 15) is 33.1 Å². The van der Waals surface area contributed by atoms with Crippen molar-refractivity contribution in [2.75, 3.05) is 26.4 Å². The molecular formula is C55H100O12S. The van der Waals surface area contributed by atoms with Crippen LogP contribution in [0, 0.1) is 0 Å². The van der Waals surface area contributed by atoms with Crippen molar-refractivity contribution in [1.29, 1.82) is 0 Å². The second-order valence-corrected chi connectivity index (χ2v) is 19.9. The van der Waals surface area contributed by atoms with Crippen molar-refractivity contribution >= 4 is 16.4 Å². The molecule has 13 heteroatoms. The van der Waals surface area contributed by atoms with Crippen LogP contribution in [0.3, 0.4) is 0 Å². The van der Waals surface area contributed by atoms with Gasteiger partial charge in [0, 0.05) is 13.0 Å². The molecule has 6 unspecified atom stereocenters. The highest BCUT2D eigenvalue weighted by atomic mass is 32.3. The summed E-state index contributed by atoms with van der Waals surface area (Å²) in [5.74, 6) is -0.403. The van der Waals surface area contributed by atoms with Gasteiger partial charge in [-0.05, 0) is 77.0 Å². The van der Waals surface area contributed by atoms with Gasteiger partial charge in [-0.1, -0.05) is 197 Å². The Hall–Kier alpha value is -1.94. The van der Waals surface area contributed by atoms with Gasteiger partial charge in [-0.25, -0.2) is 4.18 Å². The Balaban J connectivity index is 2.34. The van der Waals surface area contributed by atoms with Crippen LogP contribution in [-0.2, 0) is 38.3 Å². The lowest BCUT2D eigenvalue weighted by Gasteiger charge is -2.41. The van der Waals surface area contributed by atoms with Crippen molar-refractivity contribution in [3.05, 3.63) is 48.6 Å². The van der Waals surface area contributed by atoms with E-state index in [0.717, 1.165) is 57.8 Å². The molecular weight excluding hydrogens is 885 g/mol. The second kappa shape index (κ2) is 46.2. The van der Waals surface area contributed by atoms with Crippen LogP contribution in [0.5, 0.6) is 0 Å². The Morgan fingerprint density at radius 2 is 0.971 bits per heavy atom. The van der Waals surface area contributed by atoms with Gasteiger partial charge in [-0.15, -0.1) is 0 Å². The van der Waals surface area contributed by atoms with Crippen LogP contribution in [0.1, 0.15) is 232 Å². The van der Waals surface area contributed by atoms with Gasteiger partial charge in [0.25, 0.3) is 0 Å². The first-order chi connectivity index (χ1) is 33.1. The summed E-state index contributed by atoms with van der Waals surface area (Å²) in [6.45, 7) is 3.97. The SMILES string of the molecule is CCCCC/C=C\C/C=C\CCCCCCCCCCCCOCC(COC1OC(CO)C(O)C(OS(=O)(=O)O)C1O)OC(=O)CCCCCCCCCCC/C=C\C/C=C\CCCCCCC. The molecule has 0 amide bonds. The lowest BCUT2D eigenvalue weighted by Crippen LogP contribution is -2.60. The van der Waals surface area contributed by atoms with Crippen molar-refractivity contribution in [3.63, 3.8) is 0 Å². The van der Waals surface area contributed by atoms with Gasteiger partial charge >= 0.3 is 16.4 Å². The third-order valence-corrected chi connectivity index (χ3v) is 12.9. The first-order valence-electron chi connectivity index (χ1n) is 27.4. The largest absolute Gasteiger partial charge is 0.457 e. The molecule has 398 valence electrons. The number of aliphatic hydroxyl groups excluding tert-OH is 3. The fraction of sp³-hybridized carbons (Fsp3) is 0.836. The molecule has 1 rings (SSSR count). The molecule has 0 saturated carbocycles. The van der Waals surface area contributed by atoms with Gasteiger partial charge in [-0.3, -0.25) is 9.35 Å². The molecule has 12 nitrogen and oxygen atoms in total. The minimum absolute atomic E-state index is 0.0322. The van der Waals surface area contributed by atoms with Gasteiger partial charge in [0.2, 0.25) is 0 Å². The summed E-state index contributed by atoms with van der Waals surface area (Å²) in [6, 6.07) is 0. The maximum absolute atomic E-state index is 12.9. The minimum atomic E-state index is -5.07. The standard InChI is InChI=1S/C55H100O12S/c1-3-5-7-9-11-13-15-17-19-21-23-25-26-28-30-32-34-36-38-40-42-44-51(57)65-49(48-64-55-53(59)54(67-68(60,61)62)52(58)50(46-56)66-55)47-63-45-43-41-39-37-35-33-31-29-27-24-22-20-18-16-14-12-10-8-6-4-2/h12,14-15,17-18,20-21,23,49-50,52-56,58-59H,3-11,13,16,19,22,24-48H2,1-2H3,(H,60,61,62)/b14-12-,17-15-,20-18-,23-21-. The average molecular weight is 985 g/mol. The number of carbonyl (C=O) groups excluding carboxylic acids is 1. The fourth-order valence-electron chi connectivity index (χ4n) is 8.26. The predicted octanol–water partition coefficient (Wildman–Crippen LogP) is 13.1. The van der Waals surface area contributed by atoms with E-state index in [2.05, 4.69) is 66.6 Å². The molecule has 1 fully saturated rings. The molecule has 0 aromatic carbocycles. The number of ether oxygens (including phenoxy) is 4. The lowest BCUT2D eigenvalue weighted by molar-refractivity contribution is -0.301. The van der Waals surface area contributed by atoms with Crippen molar-refractivity contribution in [1.82, 2.24) is 0 Å². The van der Waals surface area contributed by atoms with E-state index in [-0.39, 0.29) is 19.6 Å². The van der Waals surface area contributed by atoms with Gasteiger partial charge in [0.05, 0.1) is 19.8 Å². The summed E-state index contributed by atoms with van der Waals surface area (Å²) in [7, 11) is -5.07. The van der Waals surface area contributed by atoms with Crippen molar-refractivity contribution in [2.24, 2.45) is 0 Å². The lowest BCUT2D eigenvalue weighted by atomic mass is 9.99. The van der Waals surface area contributed by atoms with Crippen LogP contribution in [-0.4, -0.2) is 97.5 Å². The highest BCUT2D eigenvalue weighted by Crippen LogP contribution is 2.26. The Labute approximate surface area is 415 Å². The normalized spacial score (nSPS) is 19.6. The number of allylic oxidation sites excluding steroid dienone is 8. The summed E-state index contributed by atoms with van der Waals surface area (Å²) in [6.07, 6.45) is 48.5. The Kier molecular flexibility index (Phi) is 43.5. The molecule has 68 heavy (non-hydrogen) atoms. The van der Waals surface area contributed by atoms with Gasteiger partial charge in [0.1, 0.15) is 30.5 Å². The van der Waals surface area contributed by atoms with Gasteiger partial charge in [-0.2, -0.15) is 8.42 Å². The highest BCUT2D eigenvalue weighted by Gasteiger charge is 2.48. The van der Waals surface area contributed by atoms with Crippen LogP contribution in [0.4, 0.5) is 0 Å². The van der Waals surface area contributed by atoms with Crippen LogP contribution in [0.15, 0.2) is 48.6 Å². The quantitative estimate of drug-likeness (QED) is 0.0197. The van der Waals surface area contributed by atoms with Crippen LogP contribution in [0.25, 0.3) is 0 Å². The Morgan fingerprint density at radius 3 is 1.43 bits per heavy atom. The predicted molar refractivity (Wildman–Crippen MR) is 276 cm³/mol. The Bertz CT molecular complexity index is 1370. The maximum atomic E-state index is 12.9. The van der Waals surface area contributed by atoms with E-state index < -0.39 is 59.8 Å². The maximum Gasteiger partial charge on any atom is 0.397 e. The number of hydrogen-bond donors (Lipinski definition) is 4. The van der Waals surface area contributed by atoms with Gasteiger partial charge in [0.15, 0.2) is 6.29 Å². The zero-order chi connectivity index (χ0) is 49.6. The summed E-state index contributed by atoms with van der Waals surface area (Å²) < 4.78 is 59.4. The van der Waals surface area contributed by atoms with Crippen LogP contribution >= 0.6 is 0 Å². The van der Waals surface area contributed by atoms with E-state index >= 15 is 0 Å². The van der Waals surface area contributed by atoms with Crippen molar-refractivity contribution < 1.29 is 56.2 Å². The molecule has 0 bridgehead atoms. The van der Waals surface area contributed by atoms with Crippen molar-refractivity contribution in [3.8, 4) is 0 Å². The smallest absolute Gasteiger partial charge is 0.397 e. The zero-order valence-corrected chi connectivity index (χ0v) is 43.7. The summed E-state index contributed by atoms with van der Waals surface area (Å²) in [5.41, 5.74) is 0. The average Bonchev–Trinajstić information content (AvgIpc) is 3.31. The van der Waals surface area contributed by atoms with E-state index in [1.54, 1.807) is 0 Å². The topological polar surface area (TPSA) is 178 Å². The molecule has 4 N–H and O–H groups in total. The summed E-state index contributed by atoms with van der Waals surface area (Å²) in [4.78, 5) is 12.9. The molecule has 6 atom stereocenters. The summed E-state index contributed by atoms with van der Waals surface area (Å²) >= 11 is 0. The third kappa shape index (κ3) is 38.8. The number of rotatable bonds is 48. The molecule has 1 heterocycles. The number of unbranched alkanes of at least 4 members (excludes halogenated alkanes) is 27. The molecule has 0 radical (unpaired) electrons.